The fraction of sp³-hybridized carbons (Fsp3) is 0.118. The molecule has 2 aromatic carbocycles. The summed E-state index contributed by atoms with van der Waals surface area (Å²) < 4.78 is 77.7. The number of para-hydroxylation sites is 1. The van der Waals surface area contributed by atoms with Gasteiger partial charge in [0.2, 0.25) is 10.0 Å². The van der Waals surface area contributed by atoms with Gasteiger partial charge in [-0.25, -0.2) is 22.6 Å². The molecule has 2 N–H and O–H groups in total. The highest BCUT2D eigenvalue weighted by Gasteiger charge is 2.35. The van der Waals surface area contributed by atoms with Crippen molar-refractivity contribution in [1.82, 2.24) is 9.78 Å². The second-order valence-corrected chi connectivity index (χ2v) is 7.33. The summed E-state index contributed by atoms with van der Waals surface area (Å²) in [5, 5.41) is 8.71. The number of sulfonamides is 1. The van der Waals surface area contributed by atoms with Gasteiger partial charge in [-0.2, -0.15) is 18.3 Å². The number of hydrogen-bond donors (Lipinski definition) is 1. The number of rotatable bonds is 3. The molecule has 0 saturated heterocycles. The predicted octanol–water partition coefficient (Wildman–Crippen LogP) is 3.65. The average Bonchev–Trinajstić information content (AvgIpc) is 3.02. The van der Waals surface area contributed by atoms with Gasteiger partial charge in [0.15, 0.2) is 5.69 Å². The molecule has 10 heteroatoms. The second-order valence-electron chi connectivity index (χ2n) is 5.80. The first kappa shape index (κ1) is 19.1. The molecule has 1 heterocycles. The largest absolute Gasteiger partial charge is 0.435 e. The summed E-state index contributed by atoms with van der Waals surface area (Å²) in [5.41, 5.74) is -0.965. The molecule has 3 rings (SSSR count). The van der Waals surface area contributed by atoms with E-state index in [1.165, 1.54) is 43.3 Å². The molecule has 0 bridgehead atoms. The number of nitrogens with zero attached hydrogens (tertiary/aromatic N) is 2. The van der Waals surface area contributed by atoms with E-state index in [1.807, 2.05) is 0 Å². The van der Waals surface area contributed by atoms with Gasteiger partial charge in [0, 0.05) is 5.56 Å². The highest BCUT2D eigenvalue weighted by Crippen LogP contribution is 2.34. The monoisotopic (exact) mass is 399 g/mol. The lowest BCUT2D eigenvalue weighted by atomic mass is 10.1. The molecule has 0 spiro atoms. The van der Waals surface area contributed by atoms with Gasteiger partial charge in [0.05, 0.1) is 11.4 Å². The molecular formula is C17H13F4N3O2S. The smallest absolute Gasteiger partial charge is 0.231 e. The van der Waals surface area contributed by atoms with Crippen LogP contribution >= 0.6 is 0 Å². The molecule has 27 heavy (non-hydrogen) atoms. The van der Waals surface area contributed by atoms with Crippen LogP contribution in [0.2, 0.25) is 0 Å². The van der Waals surface area contributed by atoms with Crippen LogP contribution in [0.1, 0.15) is 11.3 Å². The van der Waals surface area contributed by atoms with Crippen LogP contribution in [0.5, 0.6) is 0 Å². The summed E-state index contributed by atoms with van der Waals surface area (Å²) in [6, 6.07) is 9.80. The van der Waals surface area contributed by atoms with E-state index in [0.29, 0.717) is 0 Å². The minimum Gasteiger partial charge on any atom is -0.231 e. The Morgan fingerprint density at radius 1 is 1.07 bits per heavy atom. The number of benzene rings is 2. The summed E-state index contributed by atoms with van der Waals surface area (Å²) in [4.78, 5) is -0.387. The molecule has 5 nitrogen and oxygen atoms in total. The second kappa shape index (κ2) is 6.46. The quantitative estimate of drug-likeness (QED) is 0.683. The Morgan fingerprint density at radius 2 is 1.74 bits per heavy atom. The Balaban J connectivity index is 2.34. The fourth-order valence-electron chi connectivity index (χ4n) is 2.59. The molecule has 0 fully saturated rings. The van der Waals surface area contributed by atoms with E-state index >= 15 is 0 Å². The van der Waals surface area contributed by atoms with Crippen LogP contribution < -0.4 is 5.14 Å². The van der Waals surface area contributed by atoms with Gasteiger partial charge in [-0.15, -0.1) is 0 Å². The number of alkyl halides is 3. The SMILES string of the molecule is Cc1cc(-c2cc(C(F)(F)F)nn2-c2ccccc2S(N)(=O)=O)ccc1F. The first-order chi connectivity index (χ1) is 12.5. The number of aryl methyl sites for hydroxylation is 1. The van der Waals surface area contributed by atoms with Crippen molar-refractivity contribution >= 4 is 10.0 Å². The Bertz CT molecular complexity index is 1120. The fourth-order valence-corrected chi connectivity index (χ4v) is 3.30. The van der Waals surface area contributed by atoms with E-state index < -0.39 is 27.7 Å². The Labute approximate surface area is 152 Å². The average molecular weight is 399 g/mol. The van der Waals surface area contributed by atoms with Crippen molar-refractivity contribution < 1.29 is 26.0 Å². The van der Waals surface area contributed by atoms with E-state index in [9.17, 15) is 26.0 Å². The van der Waals surface area contributed by atoms with Crippen molar-refractivity contribution in [2.45, 2.75) is 18.0 Å². The molecule has 1 aromatic heterocycles. The van der Waals surface area contributed by atoms with Gasteiger partial charge in [0.1, 0.15) is 10.7 Å². The zero-order chi connectivity index (χ0) is 20.0. The van der Waals surface area contributed by atoms with Gasteiger partial charge < -0.3 is 0 Å². The third-order valence-corrected chi connectivity index (χ3v) is 4.81. The molecule has 142 valence electrons. The molecule has 0 saturated carbocycles. The van der Waals surface area contributed by atoms with Crippen LogP contribution in [-0.4, -0.2) is 18.2 Å². The topological polar surface area (TPSA) is 78.0 Å². The number of hydrogen-bond acceptors (Lipinski definition) is 3. The van der Waals surface area contributed by atoms with E-state index in [-0.39, 0.29) is 27.4 Å². The van der Waals surface area contributed by atoms with E-state index in [0.717, 1.165) is 16.8 Å². The normalized spacial score (nSPS) is 12.4. The van der Waals surface area contributed by atoms with Gasteiger partial charge >= 0.3 is 6.18 Å². The molecule has 3 aromatic rings. The number of nitrogens with two attached hydrogens (primary N) is 1. The number of primary sulfonamides is 1. The van der Waals surface area contributed by atoms with E-state index in [1.54, 1.807) is 0 Å². The van der Waals surface area contributed by atoms with Crippen molar-refractivity contribution in [2.75, 3.05) is 0 Å². The van der Waals surface area contributed by atoms with Gasteiger partial charge in [0.25, 0.3) is 0 Å². The van der Waals surface area contributed by atoms with Crippen LogP contribution in [0.25, 0.3) is 16.9 Å². The summed E-state index contributed by atoms with van der Waals surface area (Å²) >= 11 is 0. The molecular weight excluding hydrogens is 386 g/mol. The van der Waals surface area contributed by atoms with Crippen molar-refractivity contribution in [3.63, 3.8) is 0 Å². The maximum atomic E-state index is 13.6. The van der Waals surface area contributed by atoms with Gasteiger partial charge in [-0.05, 0) is 48.9 Å². The predicted molar refractivity (Wildman–Crippen MR) is 90.1 cm³/mol. The third-order valence-electron chi connectivity index (χ3n) is 3.85. The highest BCUT2D eigenvalue weighted by molar-refractivity contribution is 7.89. The lowest BCUT2D eigenvalue weighted by Gasteiger charge is -2.12. The van der Waals surface area contributed by atoms with Crippen LogP contribution in [-0.2, 0) is 16.2 Å². The van der Waals surface area contributed by atoms with E-state index in [4.69, 9.17) is 5.14 Å². The Kier molecular flexibility index (Phi) is 4.56. The van der Waals surface area contributed by atoms with Crippen LogP contribution in [0.3, 0.4) is 0 Å². The first-order valence-electron chi connectivity index (χ1n) is 7.54. The number of aromatic nitrogens is 2. The minimum absolute atomic E-state index is 0.0541. The molecule has 0 amide bonds. The van der Waals surface area contributed by atoms with Crippen molar-refractivity contribution in [1.29, 1.82) is 0 Å². The Morgan fingerprint density at radius 3 is 2.33 bits per heavy atom. The molecule has 0 aliphatic carbocycles. The van der Waals surface area contributed by atoms with Crippen molar-refractivity contribution in [3.8, 4) is 16.9 Å². The molecule has 0 radical (unpaired) electrons. The zero-order valence-corrected chi connectivity index (χ0v) is 14.6. The standard InChI is InChI=1S/C17H13F4N3O2S/c1-10-8-11(6-7-12(10)18)14-9-16(17(19,20)21)23-24(14)13-4-2-3-5-15(13)27(22,25)26/h2-9H,1H3,(H2,22,25,26). The highest BCUT2D eigenvalue weighted by atomic mass is 32.2. The van der Waals surface area contributed by atoms with Crippen LogP contribution in [0.15, 0.2) is 53.4 Å². The van der Waals surface area contributed by atoms with Crippen molar-refractivity contribution in [2.24, 2.45) is 5.14 Å². The number of halogens is 4. The van der Waals surface area contributed by atoms with Gasteiger partial charge in [-0.3, -0.25) is 0 Å². The summed E-state index contributed by atoms with van der Waals surface area (Å²) in [5.74, 6) is -0.522. The molecule has 0 aliphatic heterocycles. The molecule has 0 unspecified atom stereocenters. The third kappa shape index (κ3) is 3.71. The van der Waals surface area contributed by atoms with Gasteiger partial charge in [-0.1, -0.05) is 12.1 Å². The summed E-state index contributed by atoms with van der Waals surface area (Å²) in [6.07, 6.45) is -4.76. The summed E-state index contributed by atoms with van der Waals surface area (Å²) in [6.45, 7) is 1.46. The first-order valence-corrected chi connectivity index (χ1v) is 9.09. The molecule has 0 atom stereocenters. The zero-order valence-electron chi connectivity index (χ0n) is 13.8. The lowest BCUT2D eigenvalue weighted by Crippen LogP contribution is -2.16. The maximum Gasteiger partial charge on any atom is 0.435 e. The Hall–Kier alpha value is -2.72. The van der Waals surface area contributed by atoms with Crippen LogP contribution in [0, 0.1) is 12.7 Å². The minimum atomic E-state index is -4.76. The summed E-state index contributed by atoms with van der Waals surface area (Å²) in [7, 11) is -4.22. The maximum absolute atomic E-state index is 13.6. The van der Waals surface area contributed by atoms with Crippen molar-refractivity contribution in [3.05, 3.63) is 65.6 Å². The lowest BCUT2D eigenvalue weighted by molar-refractivity contribution is -0.141. The van der Waals surface area contributed by atoms with E-state index in [2.05, 4.69) is 5.10 Å². The van der Waals surface area contributed by atoms with Crippen LogP contribution in [0.4, 0.5) is 17.6 Å². The molecule has 0 aliphatic rings.